The minimum absolute atomic E-state index is 0.0111. The molecule has 1 aliphatic heterocycles. The molecule has 3 aromatic carbocycles. The van der Waals surface area contributed by atoms with Gasteiger partial charge in [0.1, 0.15) is 0 Å². The molecule has 3 aromatic rings. The lowest BCUT2D eigenvalue weighted by atomic mass is 9.89. The highest BCUT2D eigenvalue weighted by Gasteiger charge is 2.39. The summed E-state index contributed by atoms with van der Waals surface area (Å²) in [6.45, 7) is 6.21. The summed E-state index contributed by atoms with van der Waals surface area (Å²) < 4.78 is 13.1. The smallest absolute Gasteiger partial charge is 0.221 e. The Morgan fingerprint density at radius 3 is 2.21 bits per heavy atom. The molecule has 6 atom stereocenters. The molecule has 202 valence electrons. The third-order valence-corrected chi connectivity index (χ3v) is 7.39. The quantitative estimate of drug-likeness (QED) is 0.370. The van der Waals surface area contributed by atoms with Gasteiger partial charge in [0.2, 0.25) is 5.91 Å². The van der Waals surface area contributed by atoms with Crippen LogP contribution in [0.5, 0.6) is 0 Å². The van der Waals surface area contributed by atoms with Gasteiger partial charge in [-0.05, 0) is 42.8 Å². The summed E-state index contributed by atoms with van der Waals surface area (Å²) in [4.78, 5) is 13.6. The molecule has 38 heavy (non-hydrogen) atoms. The Kier molecular flexibility index (Phi) is 9.31. The highest BCUT2D eigenvalue weighted by atomic mass is 16.7. The Labute approximate surface area is 225 Å². The normalized spacial score (nSPS) is 23.1. The van der Waals surface area contributed by atoms with Crippen LogP contribution in [0.15, 0.2) is 78.9 Å². The standard InChI is InChI=1S/C31H38N2O5/c1-20-28(18-33(4)21(2)29(36)24-8-6-5-7-9-24)37-31(26-14-16-27(17-15-26)32-22(3)35)38-30(20)25-12-10-23(19-34)11-13-25/h5-17,20-21,28-31,34,36H,18-19H2,1-4H3,(H,32,35). The number of likely N-dealkylation sites (N-methyl/N-ethyl adjacent to an activating group) is 1. The zero-order valence-electron chi connectivity index (χ0n) is 22.5. The van der Waals surface area contributed by atoms with Crippen molar-refractivity contribution in [3.63, 3.8) is 0 Å². The van der Waals surface area contributed by atoms with Crippen molar-refractivity contribution in [1.29, 1.82) is 0 Å². The minimum Gasteiger partial charge on any atom is -0.392 e. The van der Waals surface area contributed by atoms with Crippen molar-refractivity contribution >= 4 is 11.6 Å². The fraction of sp³-hybridized carbons (Fsp3) is 0.387. The van der Waals surface area contributed by atoms with E-state index in [1.54, 1.807) is 0 Å². The lowest BCUT2D eigenvalue weighted by Crippen LogP contribution is -2.46. The van der Waals surface area contributed by atoms with Crippen LogP contribution in [0.4, 0.5) is 5.69 Å². The predicted octanol–water partition coefficient (Wildman–Crippen LogP) is 4.98. The summed E-state index contributed by atoms with van der Waals surface area (Å²) in [6, 6.07) is 24.9. The van der Waals surface area contributed by atoms with Crippen molar-refractivity contribution in [3.8, 4) is 0 Å². The van der Waals surface area contributed by atoms with E-state index < -0.39 is 12.4 Å². The van der Waals surface area contributed by atoms with E-state index in [1.165, 1.54) is 6.92 Å². The third kappa shape index (κ3) is 6.67. The van der Waals surface area contributed by atoms with E-state index in [0.29, 0.717) is 12.2 Å². The molecule has 3 N–H and O–H groups in total. The number of ether oxygens (including phenoxy) is 2. The molecule has 1 amide bonds. The summed E-state index contributed by atoms with van der Waals surface area (Å²) in [7, 11) is 2.00. The molecule has 0 saturated carbocycles. The Balaban J connectivity index is 1.56. The topological polar surface area (TPSA) is 91.3 Å². The molecule has 0 bridgehead atoms. The number of anilines is 1. The van der Waals surface area contributed by atoms with Gasteiger partial charge in [-0.2, -0.15) is 0 Å². The first-order valence-corrected chi connectivity index (χ1v) is 13.1. The first-order chi connectivity index (χ1) is 18.3. The van der Waals surface area contributed by atoms with Crippen LogP contribution in [0.3, 0.4) is 0 Å². The molecule has 0 radical (unpaired) electrons. The molecule has 1 saturated heterocycles. The Morgan fingerprint density at radius 2 is 1.61 bits per heavy atom. The zero-order valence-corrected chi connectivity index (χ0v) is 22.5. The summed E-state index contributed by atoms with van der Waals surface area (Å²) in [5, 5.41) is 23.3. The van der Waals surface area contributed by atoms with Gasteiger partial charge in [0.15, 0.2) is 6.29 Å². The molecule has 7 nitrogen and oxygen atoms in total. The molecule has 4 rings (SSSR count). The lowest BCUT2D eigenvalue weighted by Gasteiger charge is -2.43. The van der Waals surface area contributed by atoms with Crippen molar-refractivity contribution in [1.82, 2.24) is 4.90 Å². The molecule has 0 spiro atoms. The average molecular weight is 519 g/mol. The van der Waals surface area contributed by atoms with Crippen LogP contribution in [0.1, 0.15) is 61.5 Å². The molecule has 1 fully saturated rings. The molecule has 1 heterocycles. The van der Waals surface area contributed by atoms with Gasteiger partial charge in [0.25, 0.3) is 0 Å². The molecule has 7 heteroatoms. The third-order valence-electron chi connectivity index (χ3n) is 7.39. The number of nitrogens with zero attached hydrogens (tertiary/aromatic N) is 1. The van der Waals surface area contributed by atoms with Gasteiger partial charge in [-0.1, -0.05) is 73.7 Å². The highest BCUT2D eigenvalue weighted by Crippen LogP contribution is 2.42. The Bertz CT molecular complexity index is 1170. The van der Waals surface area contributed by atoms with Crippen molar-refractivity contribution in [2.45, 2.75) is 58.0 Å². The number of rotatable bonds is 9. The van der Waals surface area contributed by atoms with Crippen LogP contribution >= 0.6 is 0 Å². The maximum absolute atomic E-state index is 11.4. The monoisotopic (exact) mass is 518 g/mol. The van der Waals surface area contributed by atoms with Crippen LogP contribution in [0, 0.1) is 5.92 Å². The maximum Gasteiger partial charge on any atom is 0.221 e. The molecule has 0 aromatic heterocycles. The largest absolute Gasteiger partial charge is 0.392 e. The van der Waals surface area contributed by atoms with E-state index in [0.717, 1.165) is 22.3 Å². The lowest BCUT2D eigenvalue weighted by molar-refractivity contribution is -0.276. The first-order valence-electron chi connectivity index (χ1n) is 13.1. The number of aliphatic hydroxyl groups excluding tert-OH is 2. The number of carbonyl (C=O) groups is 1. The van der Waals surface area contributed by atoms with Gasteiger partial charge in [0.05, 0.1) is 24.9 Å². The number of hydrogen-bond donors (Lipinski definition) is 3. The minimum atomic E-state index is -0.629. The van der Waals surface area contributed by atoms with E-state index in [4.69, 9.17) is 9.47 Å². The number of hydrogen-bond acceptors (Lipinski definition) is 6. The summed E-state index contributed by atoms with van der Waals surface area (Å²) in [6.07, 6.45) is -1.64. The predicted molar refractivity (Wildman–Crippen MR) is 147 cm³/mol. The van der Waals surface area contributed by atoms with Gasteiger partial charge in [-0.25, -0.2) is 0 Å². The van der Waals surface area contributed by atoms with Crippen LogP contribution in [-0.2, 0) is 20.9 Å². The Hall–Kier alpha value is -3.07. The SMILES string of the molecule is CC(=O)Nc1ccc(C2OC(CN(C)C(C)C(O)c3ccccc3)C(C)C(c3ccc(CO)cc3)O2)cc1. The fourth-order valence-electron chi connectivity index (χ4n) is 4.87. The van der Waals surface area contributed by atoms with Gasteiger partial charge in [-0.15, -0.1) is 0 Å². The molecular weight excluding hydrogens is 480 g/mol. The van der Waals surface area contributed by atoms with Gasteiger partial charge in [0, 0.05) is 36.7 Å². The van der Waals surface area contributed by atoms with Gasteiger partial charge in [-0.3, -0.25) is 9.69 Å². The number of benzene rings is 3. The second kappa shape index (κ2) is 12.7. The van der Waals surface area contributed by atoms with E-state index in [2.05, 4.69) is 17.1 Å². The maximum atomic E-state index is 11.4. The van der Waals surface area contributed by atoms with Crippen molar-refractivity contribution in [3.05, 3.63) is 101 Å². The van der Waals surface area contributed by atoms with Crippen LogP contribution in [0.25, 0.3) is 0 Å². The first kappa shape index (κ1) is 28.0. The molecular formula is C31H38N2O5. The van der Waals surface area contributed by atoms with E-state index >= 15 is 0 Å². The number of carbonyl (C=O) groups excluding carboxylic acids is 1. The molecule has 0 aliphatic carbocycles. The molecule has 6 unspecified atom stereocenters. The van der Waals surface area contributed by atoms with Gasteiger partial charge < -0.3 is 25.0 Å². The van der Waals surface area contributed by atoms with Gasteiger partial charge >= 0.3 is 0 Å². The fourth-order valence-corrected chi connectivity index (χ4v) is 4.87. The van der Waals surface area contributed by atoms with Crippen molar-refractivity contribution < 1.29 is 24.5 Å². The van der Waals surface area contributed by atoms with Crippen molar-refractivity contribution in [2.24, 2.45) is 5.92 Å². The number of aliphatic hydroxyl groups is 2. The second-order valence-electron chi connectivity index (χ2n) is 10.2. The molecule has 1 aliphatic rings. The average Bonchev–Trinajstić information content (AvgIpc) is 2.94. The van der Waals surface area contributed by atoms with E-state index in [1.807, 2.05) is 92.8 Å². The van der Waals surface area contributed by atoms with Crippen LogP contribution in [0.2, 0.25) is 0 Å². The number of amides is 1. The van der Waals surface area contributed by atoms with Crippen LogP contribution < -0.4 is 5.32 Å². The highest BCUT2D eigenvalue weighted by molar-refractivity contribution is 5.88. The van der Waals surface area contributed by atoms with E-state index in [-0.39, 0.29) is 36.7 Å². The van der Waals surface area contributed by atoms with E-state index in [9.17, 15) is 15.0 Å². The second-order valence-corrected chi connectivity index (χ2v) is 10.2. The number of nitrogens with one attached hydrogen (secondary N) is 1. The Morgan fingerprint density at radius 1 is 0.974 bits per heavy atom. The summed E-state index contributed by atoms with van der Waals surface area (Å²) in [5.41, 5.74) is 4.31. The van der Waals surface area contributed by atoms with Crippen molar-refractivity contribution in [2.75, 3.05) is 18.9 Å². The van der Waals surface area contributed by atoms with Crippen LogP contribution in [-0.4, -0.2) is 46.8 Å². The zero-order chi connectivity index (χ0) is 27.2. The summed E-state index contributed by atoms with van der Waals surface area (Å²) in [5.74, 6) is -0.105. The summed E-state index contributed by atoms with van der Waals surface area (Å²) >= 11 is 0.